The number of aromatic nitrogens is 1. The summed E-state index contributed by atoms with van der Waals surface area (Å²) in [4.78, 5) is 16.7. The van der Waals surface area contributed by atoms with E-state index in [4.69, 9.17) is 4.74 Å². The van der Waals surface area contributed by atoms with Gasteiger partial charge in [-0.3, -0.25) is 4.79 Å². The molecule has 3 rings (SSSR count). The lowest BCUT2D eigenvalue weighted by molar-refractivity contribution is -0.115. The number of aryl methyl sites for hydroxylation is 1. The highest BCUT2D eigenvalue weighted by Gasteiger charge is 2.10. The predicted molar refractivity (Wildman–Crippen MR) is 112 cm³/mol. The van der Waals surface area contributed by atoms with Gasteiger partial charge in [-0.05, 0) is 52.7 Å². The third-order valence-corrected chi connectivity index (χ3v) is 5.61. The summed E-state index contributed by atoms with van der Waals surface area (Å²) in [5.41, 5.74) is 2.68. The summed E-state index contributed by atoms with van der Waals surface area (Å²) in [6.07, 6.45) is 0.251. The van der Waals surface area contributed by atoms with Crippen LogP contribution in [0.5, 0.6) is 5.75 Å². The Kier molecular flexibility index (Phi) is 6.45. The third-order valence-electron chi connectivity index (χ3n) is 3.60. The fourth-order valence-corrected chi connectivity index (χ4v) is 4.22. The molecule has 26 heavy (non-hydrogen) atoms. The van der Waals surface area contributed by atoms with Crippen molar-refractivity contribution in [2.24, 2.45) is 0 Å². The summed E-state index contributed by atoms with van der Waals surface area (Å²) in [6, 6.07) is 13.4. The van der Waals surface area contributed by atoms with E-state index in [1.54, 1.807) is 0 Å². The largest absolute Gasteiger partial charge is 0.486 e. The molecule has 0 atom stereocenters. The van der Waals surface area contributed by atoms with E-state index in [1.165, 1.54) is 11.3 Å². The van der Waals surface area contributed by atoms with Gasteiger partial charge >= 0.3 is 0 Å². The molecule has 0 saturated heterocycles. The van der Waals surface area contributed by atoms with Crippen molar-refractivity contribution in [3.63, 3.8) is 0 Å². The molecule has 1 N–H and O–H groups in total. The zero-order chi connectivity index (χ0) is 18.5. The number of carbonyl (C=O) groups is 1. The summed E-state index contributed by atoms with van der Waals surface area (Å²) in [7, 11) is 0. The average molecular weight is 496 g/mol. The molecule has 2 aromatic carbocycles. The van der Waals surface area contributed by atoms with Crippen molar-refractivity contribution < 1.29 is 9.53 Å². The fraction of sp³-hybridized carbons (Fsp3) is 0.158. The number of hydrogen-bond acceptors (Lipinski definition) is 4. The zero-order valence-corrected chi connectivity index (χ0v) is 17.9. The second-order valence-electron chi connectivity index (χ2n) is 5.64. The molecule has 4 nitrogen and oxygen atoms in total. The molecule has 0 aliphatic heterocycles. The second kappa shape index (κ2) is 8.79. The van der Waals surface area contributed by atoms with Gasteiger partial charge in [0.1, 0.15) is 17.4 Å². The maximum absolute atomic E-state index is 12.2. The van der Waals surface area contributed by atoms with Crippen molar-refractivity contribution in [2.75, 3.05) is 5.32 Å². The predicted octanol–water partition coefficient (Wildman–Crippen LogP) is 5.74. The van der Waals surface area contributed by atoms with Crippen molar-refractivity contribution in [3.8, 4) is 5.75 Å². The van der Waals surface area contributed by atoms with E-state index >= 15 is 0 Å². The lowest BCUT2D eigenvalue weighted by Gasteiger charge is -2.07. The minimum absolute atomic E-state index is 0.0724. The van der Waals surface area contributed by atoms with Crippen LogP contribution in [0.4, 0.5) is 5.69 Å². The zero-order valence-electron chi connectivity index (χ0n) is 14.0. The molecule has 0 unspecified atom stereocenters. The van der Waals surface area contributed by atoms with Crippen LogP contribution < -0.4 is 10.1 Å². The molecule has 0 aliphatic carbocycles. The molecule has 0 fully saturated rings. The van der Waals surface area contributed by atoms with Gasteiger partial charge in [-0.15, -0.1) is 11.3 Å². The lowest BCUT2D eigenvalue weighted by Crippen LogP contribution is -2.15. The maximum atomic E-state index is 12.2. The van der Waals surface area contributed by atoms with Crippen LogP contribution in [0.3, 0.4) is 0 Å². The molecule has 134 valence electrons. The van der Waals surface area contributed by atoms with Gasteiger partial charge in [0, 0.05) is 15.5 Å². The van der Waals surface area contributed by atoms with E-state index in [0.717, 1.165) is 36.6 Å². The van der Waals surface area contributed by atoms with Gasteiger partial charge in [0.05, 0.1) is 16.6 Å². The van der Waals surface area contributed by atoms with Gasteiger partial charge in [-0.25, -0.2) is 4.98 Å². The standard InChI is InChI=1S/C19H16Br2N2O2S/c1-12-4-2-3-5-16(12)23-18(24)9-19-22-14(11-26-19)10-25-17-7-6-13(20)8-15(17)21/h2-8,11H,9-10H2,1H3,(H,23,24). The number of para-hydroxylation sites is 1. The summed E-state index contributed by atoms with van der Waals surface area (Å²) in [5, 5.41) is 5.61. The first-order chi connectivity index (χ1) is 12.5. The van der Waals surface area contributed by atoms with Crippen molar-refractivity contribution >= 4 is 54.8 Å². The second-order valence-corrected chi connectivity index (χ2v) is 8.35. The first kappa shape index (κ1) is 19.1. The normalized spacial score (nSPS) is 10.6. The van der Waals surface area contributed by atoms with E-state index in [2.05, 4.69) is 42.2 Å². The number of amides is 1. The van der Waals surface area contributed by atoms with E-state index < -0.39 is 0 Å². The summed E-state index contributed by atoms with van der Waals surface area (Å²) in [6.45, 7) is 2.32. The number of nitrogens with zero attached hydrogens (tertiary/aromatic N) is 1. The highest BCUT2D eigenvalue weighted by molar-refractivity contribution is 9.11. The van der Waals surface area contributed by atoms with Gasteiger partial charge in [0.2, 0.25) is 5.91 Å². The number of carbonyl (C=O) groups excluding carboxylic acids is 1. The Morgan fingerprint density at radius 3 is 2.81 bits per heavy atom. The summed E-state index contributed by atoms with van der Waals surface area (Å²) >= 11 is 8.35. The number of ether oxygens (including phenoxy) is 1. The molecule has 1 amide bonds. The van der Waals surface area contributed by atoms with Crippen LogP contribution >= 0.6 is 43.2 Å². The number of benzene rings is 2. The van der Waals surface area contributed by atoms with Crippen molar-refractivity contribution in [1.82, 2.24) is 4.98 Å². The number of thiazole rings is 1. The third kappa shape index (κ3) is 5.16. The Morgan fingerprint density at radius 2 is 2.04 bits per heavy atom. The van der Waals surface area contributed by atoms with Crippen LogP contribution in [-0.4, -0.2) is 10.9 Å². The number of halogens is 2. The van der Waals surface area contributed by atoms with Crippen LogP contribution in [0.15, 0.2) is 56.8 Å². The SMILES string of the molecule is Cc1ccccc1NC(=O)Cc1nc(COc2ccc(Br)cc2Br)cs1. The highest BCUT2D eigenvalue weighted by Crippen LogP contribution is 2.29. The molecule has 3 aromatic rings. The molecule has 1 aromatic heterocycles. The molecule has 0 saturated carbocycles. The minimum Gasteiger partial charge on any atom is -0.486 e. The molecular formula is C19H16Br2N2O2S. The lowest BCUT2D eigenvalue weighted by atomic mass is 10.2. The molecular weight excluding hydrogens is 480 g/mol. The highest BCUT2D eigenvalue weighted by atomic mass is 79.9. The van der Waals surface area contributed by atoms with E-state index in [-0.39, 0.29) is 12.3 Å². The summed E-state index contributed by atoms with van der Waals surface area (Å²) < 4.78 is 7.64. The van der Waals surface area contributed by atoms with E-state index in [1.807, 2.05) is 54.8 Å². The number of nitrogens with one attached hydrogen (secondary N) is 1. The minimum atomic E-state index is -0.0724. The van der Waals surface area contributed by atoms with E-state index in [0.29, 0.717) is 6.61 Å². The smallest absolute Gasteiger partial charge is 0.231 e. The Balaban J connectivity index is 1.56. The van der Waals surface area contributed by atoms with Crippen molar-refractivity contribution in [2.45, 2.75) is 20.0 Å². The Labute approximate surface area is 172 Å². The van der Waals surface area contributed by atoms with Crippen molar-refractivity contribution in [1.29, 1.82) is 0 Å². The van der Waals surface area contributed by atoms with Gasteiger partial charge < -0.3 is 10.1 Å². The molecule has 0 bridgehead atoms. The van der Waals surface area contributed by atoms with Crippen LogP contribution in [0.25, 0.3) is 0 Å². The molecule has 0 aliphatic rings. The number of rotatable bonds is 6. The molecule has 1 heterocycles. The van der Waals surface area contributed by atoms with Gasteiger partial charge in [0.15, 0.2) is 0 Å². The number of anilines is 1. The topological polar surface area (TPSA) is 51.2 Å². The van der Waals surface area contributed by atoms with E-state index in [9.17, 15) is 4.79 Å². The van der Waals surface area contributed by atoms with Crippen LogP contribution in [-0.2, 0) is 17.8 Å². The average Bonchev–Trinajstić information content (AvgIpc) is 3.03. The maximum Gasteiger partial charge on any atom is 0.231 e. The van der Waals surface area contributed by atoms with Crippen molar-refractivity contribution in [3.05, 3.63) is 73.1 Å². The Bertz CT molecular complexity index is 927. The molecule has 7 heteroatoms. The van der Waals surface area contributed by atoms with Crippen LogP contribution in [0.1, 0.15) is 16.3 Å². The van der Waals surface area contributed by atoms with Crippen LogP contribution in [0, 0.1) is 6.92 Å². The monoisotopic (exact) mass is 494 g/mol. The first-order valence-corrected chi connectivity index (χ1v) is 10.3. The Hall–Kier alpha value is -1.70. The van der Waals surface area contributed by atoms with Gasteiger partial charge in [-0.2, -0.15) is 0 Å². The molecule has 0 spiro atoms. The van der Waals surface area contributed by atoms with Crippen LogP contribution in [0.2, 0.25) is 0 Å². The molecule has 0 radical (unpaired) electrons. The number of hydrogen-bond donors (Lipinski definition) is 1. The van der Waals surface area contributed by atoms with Gasteiger partial charge in [-0.1, -0.05) is 34.1 Å². The fourth-order valence-electron chi connectivity index (χ4n) is 2.29. The van der Waals surface area contributed by atoms with Gasteiger partial charge in [0.25, 0.3) is 0 Å². The quantitative estimate of drug-likeness (QED) is 0.474. The summed E-state index contributed by atoms with van der Waals surface area (Å²) in [5.74, 6) is 0.678. The first-order valence-electron chi connectivity index (χ1n) is 7.88. The Morgan fingerprint density at radius 1 is 1.23 bits per heavy atom.